The molecule has 6 unspecified atom stereocenters. The number of benzene rings is 4. The molecule has 1 saturated carbocycles. The van der Waals surface area contributed by atoms with E-state index in [4.69, 9.17) is 40.5 Å². The molecule has 0 bridgehead atoms. The lowest BCUT2D eigenvalue weighted by Crippen LogP contribution is -2.69. The summed E-state index contributed by atoms with van der Waals surface area (Å²) in [6.45, 7) is 4.67. The first-order valence-corrected chi connectivity index (χ1v) is 21.3. The molecular formula is C48H55ClN2O8. The second-order valence-corrected chi connectivity index (χ2v) is 15.9. The molecule has 3 aliphatic rings. The molecule has 2 aliphatic carbocycles. The molecule has 7 rings (SSSR count). The fourth-order valence-electron chi connectivity index (χ4n) is 9.27. The van der Waals surface area contributed by atoms with Crippen molar-refractivity contribution in [2.45, 2.75) is 69.3 Å². The predicted octanol–water partition coefficient (Wildman–Crippen LogP) is 9.77. The van der Waals surface area contributed by atoms with E-state index in [9.17, 15) is 15.0 Å². The van der Waals surface area contributed by atoms with Gasteiger partial charge < -0.3 is 38.9 Å². The summed E-state index contributed by atoms with van der Waals surface area (Å²) in [5, 5.41) is 26.9. The molecule has 2 N–H and O–H groups in total. The van der Waals surface area contributed by atoms with E-state index < -0.39 is 23.8 Å². The van der Waals surface area contributed by atoms with Crippen molar-refractivity contribution in [2.75, 3.05) is 39.4 Å². The predicted molar refractivity (Wildman–Crippen MR) is 230 cm³/mol. The number of amides is 1. The van der Waals surface area contributed by atoms with Gasteiger partial charge >= 0.3 is 6.09 Å². The van der Waals surface area contributed by atoms with Crippen molar-refractivity contribution >= 4 is 34.2 Å². The summed E-state index contributed by atoms with van der Waals surface area (Å²) in [6, 6.07) is 29.4. The highest BCUT2D eigenvalue weighted by Gasteiger charge is 2.65. The van der Waals surface area contributed by atoms with Gasteiger partial charge in [-0.25, -0.2) is 4.79 Å². The molecule has 0 radical (unpaired) electrons. The summed E-state index contributed by atoms with van der Waals surface area (Å²) in [4.78, 5) is 21.5. The van der Waals surface area contributed by atoms with Crippen LogP contribution in [0.1, 0.15) is 62.0 Å². The molecule has 0 aromatic heterocycles. The number of likely N-dealkylation sites (N-methyl/N-ethyl adjacent to an activating group) is 1. The Kier molecular flexibility index (Phi) is 14.3. The Morgan fingerprint density at radius 2 is 1.68 bits per heavy atom. The van der Waals surface area contributed by atoms with Gasteiger partial charge in [0.25, 0.3) is 0 Å². The average Bonchev–Trinajstić information content (AvgIpc) is 3.26. The standard InChI is InChI=1S/C48H55ClN2O8/c1-3-26-56-48-44(51(2)47(54)55-27-23-49)31-42(50-57-32-33-13-5-4-6-14-33)40-29-36(17-9-11-24-52)39(18-10-12-25-53)45(46(40)48)41-30-38(21-22-43(41)59-48)58-37-20-19-34-15-7-8-16-35(34)28-37/h3-8,13-16,19-22,28-30,36,39,44-46,52-53H,1,9-12,17-18,23-27,31-32H2,2H3. The lowest BCUT2D eigenvalue weighted by atomic mass is 9.55. The van der Waals surface area contributed by atoms with Gasteiger partial charge in [0, 0.05) is 38.2 Å². The molecule has 0 saturated heterocycles. The van der Waals surface area contributed by atoms with Crippen molar-refractivity contribution in [1.29, 1.82) is 0 Å². The molecular weight excluding hydrogens is 768 g/mol. The average molecular weight is 823 g/mol. The van der Waals surface area contributed by atoms with Crippen LogP contribution in [0, 0.1) is 17.8 Å². The highest BCUT2D eigenvalue weighted by molar-refractivity contribution is 6.18. The Labute approximate surface area is 352 Å². The first-order valence-electron chi connectivity index (χ1n) is 20.8. The van der Waals surface area contributed by atoms with Crippen LogP contribution in [-0.2, 0) is 20.9 Å². The summed E-state index contributed by atoms with van der Waals surface area (Å²) in [6.07, 6.45) is 8.37. The monoisotopic (exact) mass is 822 g/mol. The van der Waals surface area contributed by atoms with Crippen LogP contribution in [0.2, 0.25) is 0 Å². The van der Waals surface area contributed by atoms with Crippen LogP contribution in [0.3, 0.4) is 0 Å². The Balaban J connectivity index is 1.40. The summed E-state index contributed by atoms with van der Waals surface area (Å²) in [7, 11) is 1.70. The Morgan fingerprint density at radius 1 is 0.949 bits per heavy atom. The lowest BCUT2D eigenvalue weighted by Gasteiger charge is -2.59. The van der Waals surface area contributed by atoms with Gasteiger partial charge in [0.1, 0.15) is 36.5 Å². The van der Waals surface area contributed by atoms with Gasteiger partial charge in [0.05, 0.1) is 24.1 Å². The molecule has 312 valence electrons. The number of carbonyl (C=O) groups is 1. The third-order valence-electron chi connectivity index (χ3n) is 11.9. The maximum atomic E-state index is 13.8. The normalized spacial score (nSPS) is 23.7. The van der Waals surface area contributed by atoms with Crippen molar-refractivity contribution in [3.05, 3.63) is 126 Å². The zero-order valence-electron chi connectivity index (χ0n) is 33.7. The van der Waals surface area contributed by atoms with Crippen molar-refractivity contribution in [3.8, 4) is 17.2 Å². The topological polar surface area (TPSA) is 119 Å². The molecule has 1 heterocycles. The van der Waals surface area contributed by atoms with E-state index in [1.807, 2.05) is 66.7 Å². The van der Waals surface area contributed by atoms with E-state index in [0.29, 0.717) is 30.1 Å². The minimum atomic E-state index is -1.39. The highest BCUT2D eigenvalue weighted by atomic mass is 35.5. The summed E-state index contributed by atoms with van der Waals surface area (Å²) in [5.41, 5.74) is 3.59. The van der Waals surface area contributed by atoms with Crippen molar-refractivity contribution in [2.24, 2.45) is 22.9 Å². The number of aliphatic hydroxyl groups is 2. The SMILES string of the molecule is C=CCOC12Oc3ccc(Oc4ccc5ccccc5c4)cc3C3C(CCCCO)C(CCCCO)C=C(C(=NOCc4ccccc4)CC1N(C)C(=O)OCCCl)C32. The fourth-order valence-corrected chi connectivity index (χ4v) is 9.35. The van der Waals surface area contributed by atoms with Crippen LogP contribution in [-0.4, -0.2) is 78.1 Å². The number of nitrogens with zero attached hydrogens (tertiary/aromatic N) is 2. The van der Waals surface area contributed by atoms with Gasteiger partial charge in [-0.1, -0.05) is 90.8 Å². The van der Waals surface area contributed by atoms with E-state index in [0.717, 1.165) is 58.9 Å². The number of unbranched alkanes of at least 4 members (excludes halogenated alkanes) is 2. The molecule has 59 heavy (non-hydrogen) atoms. The maximum Gasteiger partial charge on any atom is 0.410 e. The van der Waals surface area contributed by atoms with Crippen LogP contribution in [0.25, 0.3) is 10.8 Å². The number of oxime groups is 1. The van der Waals surface area contributed by atoms with E-state index in [-0.39, 0.29) is 63.1 Å². The molecule has 4 aromatic rings. The van der Waals surface area contributed by atoms with Gasteiger partial charge in [-0.2, -0.15) is 0 Å². The maximum absolute atomic E-state index is 13.8. The first kappa shape index (κ1) is 42.3. The van der Waals surface area contributed by atoms with E-state index in [1.165, 1.54) is 0 Å². The smallest absolute Gasteiger partial charge is 0.410 e. The first-order chi connectivity index (χ1) is 28.9. The van der Waals surface area contributed by atoms with E-state index in [2.05, 4.69) is 36.9 Å². The number of ether oxygens (including phenoxy) is 4. The van der Waals surface area contributed by atoms with Crippen LogP contribution in [0.15, 0.2) is 120 Å². The molecule has 1 amide bonds. The Bertz CT molecular complexity index is 2110. The van der Waals surface area contributed by atoms with Crippen LogP contribution in [0.5, 0.6) is 17.2 Å². The highest BCUT2D eigenvalue weighted by Crippen LogP contribution is 2.62. The van der Waals surface area contributed by atoms with Crippen molar-refractivity contribution < 1.29 is 38.8 Å². The molecule has 1 fully saturated rings. The number of hydrogen-bond donors (Lipinski definition) is 2. The van der Waals surface area contributed by atoms with Crippen LogP contribution < -0.4 is 9.47 Å². The number of alkyl halides is 1. The number of aliphatic hydroxyl groups excluding tert-OH is 2. The van der Waals surface area contributed by atoms with Crippen LogP contribution in [0.4, 0.5) is 4.79 Å². The Hall–Kier alpha value is -4.87. The molecule has 4 aromatic carbocycles. The molecule has 1 aliphatic heterocycles. The van der Waals surface area contributed by atoms with E-state index in [1.54, 1.807) is 18.0 Å². The second kappa shape index (κ2) is 19.9. The van der Waals surface area contributed by atoms with E-state index >= 15 is 0 Å². The Morgan fingerprint density at radius 3 is 2.44 bits per heavy atom. The van der Waals surface area contributed by atoms with Gasteiger partial charge in [-0.15, -0.1) is 18.2 Å². The van der Waals surface area contributed by atoms with Gasteiger partial charge in [0.2, 0.25) is 5.79 Å². The summed E-state index contributed by atoms with van der Waals surface area (Å²) in [5.74, 6) is 0.281. The van der Waals surface area contributed by atoms with Crippen molar-refractivity contribution in [1.82, 2.24) is 4.90 Å². The third-order valence-corrected chi connectivity index (χ3v) is 12.1. The zero-order valence-corrected chi connectivity index (χ0v) is 34.5. The number of carbonyl (C=O) groups excluding carboxylic acids is 1. The number of halogens is 1. The van der Waals surface area contributed by atoms with Gasteiger partial charge in [-0.05, 0) is 89.8 Å². The van der Waals surface area contributed by atoms with Gasteiger partial charge in [0.15, 0.2) is 0 Å². The summed E-state index contributed by atoms with van der Waals surface area (Å²) >= 11 is 5.97. The largest absolute Gasteiger partial charge is 0.459 e. The number of hydrogen-bond acceptors (Lipinski definition) is 9. The molecule has 11 heteroatoms. The number of rotatable bonds is 19. The van der Waals surface area contributed by atoms with Crippen LogP contribution >= 0.6 is 11.6 Å². The molecule has 6 atom stereocenters. The second-order valence-electron chi connectivity index (χ2n) is 15.6. The molecule has 0 spiro atoms. The van der Waals surface area contributed by atoms with Gasteiger partial charge in [-0.3, -0.25) is 0 Å². The fraction of sp³-hybridized carbons (Fsp3) is 0.417. The molecule has 10 nitrogen and oxygen atoms in total. The minimum Gasteiger partial charge on any atom is -0.459 e. The third kappa shape index (κ3) is 9.31. The summed E-state index contributed by atoms with van der Waals surface area (Å²) < 4.78 is 26.4. The number of fused-ring (bicyclic) bond motifs is 3. The minimum absolute atomic E-state index is 0.0441. The van der Waals surface area contributed by atoms with Crippen molar-refractivity contribution in [3.63, 3.8) is 0 Å². The lowest BCUT2D eigenvalue weighted by molar-refractivity contribution is -0.253. The number of allylic oxidation sites excluding steroid dienone is 1. The quantitative estimate of drug-likeness (QED) is 0.0416. The zero-order chi connectivity index (χ0) is 41.2.